The van der Waals surface area contributed by atoms with E-state index in [1.54, 1.807) is 0 Å². The summed E-state index contributed by atoms with van der Waals surface area (Å²) >= 11 is 0. The first-order valence-electron chi connectivity index (χ1n) is 11.3. The van der Waals surface area contributed by atoms with Crippen molar-refractivity contribution in [1.29, 1.82) is 0 Å². The minimum atomic E-state index is -2.93. The van der Waals surface area contributed by atoms with Gasteiger partial charge in [0.25, 0.3) is 8.32 Å². The predicted octanol–water partition coefficient (Wildman–Crippen LogP) is 3.18. The van der Waals surface area contributed by atoms with E-state index in [-0.39, 0.29) is 18.1 Å². The van der Waals surface area contributed by atoms with Gasteiger partial charge in [-0.25, -0.2) is 0 Å². The summed E-state index contributed by atoms with van der Waals surface area (Å²) < 4.78 is 23.8. The van der Waals surface area contributed by atoms with Crippen LogP contribution >= 0.6 is 0 Å². The summed E-state index contributed by atoms with van der Waals surface area (Å²) in [7, 11) is -2.93. The van der Waals surface area contributed by atoms with Gasteiger partial charge in [-0.15, -0.1) is 6.42 Å². The molecule has 0 aromatic heterocycles. The third kappa shape index (κ3) is 5.09. The molecule has 1 saturated heterocycles. The molecular formula is C27H32O6Si. The molecule has 0 aliphatic carbocycles. The van der Waals surface area contributed by atoms with Crippen LogP contribution in [0.2, 0.25) is 5.04 Å². The van der Waals surface area contributed by atoms with Gasteiger partial charge in [0.2, 0.25) is 6.29 Å². The van der Waals surface area contributed by atoms with Crippen molar-refractivity contribution in [2.75, 3.05) is 6.61 Å². The molecule has 1 fully saturated rings. The van der Waals surface area contributed by atoms with Gasteiger partial charge in [0.05, 0.1) is 13.0 Å². The molecule has 0 radical (unpaired) electrons. The number of terminal acetylenes is 1. The number of rotatable bonds is 7. The van der Waals surface area contributed by atoms with Crippen molar-refractivity contribution in [3.8, 4) is 12.3 Å². The molecule has 2 aromatic carbocycles. The van der Waals surface area contributed by atoms with Crippen molar-refractivity contribution in [1.82, 2.24) is 0 Å². The summed E-state index contributed by atoms with van der Waals surface area (Å²) in [6.07, 6.45) is 4.35. The fourth-order valence-corrected chi connectivity index (χ4v) is 9.18. The average molecular weight is 481 g/mol. The summed E-state index contributed by atoms with van der Waals surface area (Å²) in [6.45, 7) is 9.03. The fourth-order valence-electron chi connectivity index (χ4n) is 4.60. The van der Waals surface area contributed by atoms with E-state index in [1.165, 1.54) is 13.8 Å². The quantitative estimate of drug-likeness (QED) is 0.344. The second-order valence-electron chi connectivity index (χ2n) is 9.48. The highest BCUT2D eigenvalue weighted by Crippen LogP contribution is 2.40. The third-order valence-corrected chi connectivity index (χ3v) is 11.0. The van der Waals surface area contributed by atoms with Gasteiger partial charge in [0, 0.05) is 13.8 Å². The molecule has 1 aliphatic heterocycles. The first-order valence-corrected chi connectivity index (χ1v) is 13.2. The fraction of sp³-hybridized carbons (Fsp3) is 0.407. The molecule has 0 N–H and O–H groups in total. The maximum absolute atomic E-state index is 11.8. The van der Waals surface area contributed by atoms with Crippen LogP contribution in [-0.4, -0.2) is 44.9 Å². The Bertz CT molecular complexity index is 1000. The Hall–Kier alpha value is -2.92. The summed E-state index contributed by atoms with van der Waals surface area (Å²) in [4.78, 5) is 23.4. The standard InChI is InChI=1S/C27H32O6Si/c1-7-27(24(31-20(2)28)18-25(33-27)32-21(3)29)19-30-34(26(4,5)6,22-14-10-8-11-15-22)23-16-12-9-13-17-23/h1,8-17,24-25H,18-19H2,2-6H3/t24-,25?,27+/m0/s1. The van der Waals surface area contributed by atoms with Crippen molar-refractivity contribution in [3.63, 3.8) is 0 Å². The topological polar surface area (TPSA) is 71.1 Å². The molecule has 2 aromatic rings. The Morgan fingerprint density at radius 2 is 1.50 bits per heavy atom. The zero-order valence-corrected chi connectivity index (χ0v) is 21.4. The number of hydrogen-bond acceptors (Lipinski definition) is 6. The van der Waals surface area contributed by atoms with Crippen molar-refractivity contribution >= 4 is 30.6 Å². The van der Waals surface area contributed by atoms with E-state index in [2.05, 4.69) is 51.0 Å². The molecule has 0 bridgehead atoms. The Balaban J connectivity index is 2.08. The Morgan fingerprint density at radius 3 is 1.91 bits per heavy atom. The molecule has 0 amide bonds. The largest absolute Gasteiger partial charge is 0.458 e. The molecule has 0 saturated carbocycles. The van der Waals surface area contributed by atoms with Crippen LogP contribution < -0.4 is 10.4 Å². The van der Waals surface area contributed by atoms with Gasteiger partial charge in [-0.2, -0.15) is 0 Å². The van der Waals surface area contributed by atoms with Crippen LogP contribution in [0.5, 0.6) is 0 Å². The van der Waals surface area contributed by atoms with E-state index in [0.717, 1.165) is 10.4 Å². The zero-order chi connectivity index (χ0) is 25.0. The second-order valence-corrected chi connectivity index (χ2v) is 13.8. The first-order chi connectivity index (χ1) is 16.0. The predicted molar refractivity (Wildman–Crippen MR) is 132 cm³/mol. The third-order valence-electron chi connectivity index (χ3n) is 6.04. The van der Waals surface area contributed by atoms with Gasteiger partial charge in [0.15, 0.2) is 11.7 Å². The van der Waals surface area contributed by atoms with E-state index >= 15 is 0 Å². The molecule has 34 heavy (non-hydrogen) atoms. The first kappa shape index (κ1) is 25.7. The smallest absolute Gasteiger partial charge is 0.304 e. The molecule has 1 heterocycles. The van der Waals surface area contributed by atoms with Gasteiger partial charge in [0.1, 0.15) is 0 Å². The van der Waals surface area contributed by atoms with Gasteiger partial charge in [-0.1, -0.05) is 87.4 Å². The minimum absolute atomic E-state index is 0.0352. The average Bonchev–Trinajstić information content (AvgIpc) is 3.10. The maximum atomic E-state index is 11.8. The van der Waals surface area contributed by atoms with Crippen LogP contribution in [0, 0.1) is 12.3 Å². The van der Waals surface area contributed by atoms with Crippen LogP contribution in [0.25, 0.3) is 0 Å². The van der Waals surface area contributed by atoms with Gasteiger partial charge < -0.3 is 18.6 Å². The van der Waals surface area contributed by atoms with Crippen LogP contribution in [0.3, 0.4) is 0 Å². The summed E-state index contributed by atoms with van der Waals surface area (Å²) in [5, 5.41) is 1.88. The minimum Gasteiger partial charge on any atom is -0.458 e. The number of ether oxygens (including phenoxy) is 3. The molecule has 6 nitrogen and oxygen atoms in total. The number of carbonyl (C=O) groups excluding carboxylic acids is 2. The highest BCUT2D eigenvalue weighted by atomic mass is 28.4. The lowest BCUT2D eigenvalue weighted by molar-refractivity contribution is -0.186. The highest BCUT2D eigenvalue weighted by molar-refractivity contribution is 6.99. The van der Waals surface area contributed by atoms with Crippen LogP contribution in [-0.2, 0) is 28.2 Å². The number of esters is 2. The van der Waals surface area contributed by atoms with E-state index in [0.29, 0.717) is 0 Å². The molecule has 3 atom stereocenters. The Kier molecular flexibility index (Phi) is 7.66. The number of carbonyl (C=O) groups is 2. The van der Waals surface area contributed by atoms with Crippen LogP contribution in [0.1, 0.15) is 41.0 Å². The summed E-state index contributed by atoms with van der Waals surface area (Å²) in [6, 6.07) is 20.2. The van der Waals surface area contributed by atoms with E-state index in [1.807, 2.05) is 36.4 Å². The normalized spacial score (nSPS) is 22.6. The zero-order valence-electron chi connectivity index (χ0n) is 20.4. The monoisotopic (exact) mass is 480 g/mol. The molecule has 1 unspecified atom stereocenters. The molecular weight excluding hydrogens is 448 g/mol. The van der Waals surface area contributed by atoms with Crippen LogP contribution in [0.15, 0.2) is 60.7 Å². The molecule has 7 heteroatoms. The van der Waals surface area contributed by atoms with Crippen molar-refractivity contribution in [3.05, 3.63) is 60.7 Å². The summed E-state index contributed by atoms with van der Waals surface area (Å²) in [5.41, 5.74) is -1.40. The van der Waals surface area contributed by atoms with Gasteiger partial charge in [-0.05, 0) is 15.4 Å². The molecule has 0 spiro atoms. The molecule has 3 rings (SSSR count). The van der Waals surface area contributed by atoms with Crippen molar-refractivity contribution in [2.24, 2.45) is 0 Å². The SMILES string of the molecule is C#C[C@]1(CO[Si](c2ccccc2)(c2ccccc2)C(C)(C)C)OC(OC(C)=O)C[C@@H]1OC(C)=O. The van der Waals surface area contributed by atoms with Crippen molar-refractivity contribution < 1.29 is 28.2 Å². The highest BCUT2D eigenvalue weighted by Gasteiger charge is 2.56. The second kappa shape index (κ2) is 10.1. The van der Waals surface area contributed by atoms with E-state index < -0.39 is 38.3 Å². The number of benzene rings is 2. The van der Waals surface area contributed by atoms with Crippen LogP contribution in [0.4, 0.5) is 0 Å². The lowest BCUT2D eigenvalue weighted by Crippen LogP contribution is -2.68. The Labute approximate surface area is 202 Å². The lowest BCUT2D eigenvalue weighted by atomic mass is 9.99. The number of hydrogen-bond donors (Lipinski definition) is 0. The van der Waals surface area contributed by atoms with Crippen molar-refractivity contribution in [2.45, 2.75) is 64.1 Å². The van der Waals surface area contributed by atoms with Gasteiger partial charge in [-0.3, -0.25) is 9.59 Å². The van der Waals surface area contributed by atoms with E-state index in [4.69, 9.17) is 25.1 Å². The maximum Gasteiger partial charge on any atom is 0.304 e. The van der Waals surface area contributed by atoms with E-state index in [9.17, 15) is 9.59 Å². The molecule has 180 valence electrons. The molecule has 1 aliphatic rings. The van der Waals surface area contributed by atoms with Gasteiger partial charge >= 0.3 is 11.9 Å². The summed E-state index contributed by atoms with van der Waals surface area (Å²) in [5.74, 6) is 1.66. The Morgan fingerprint density at radius 1 is 1.00 bits per heavy atom. The lowest BCUT2D eigenvalue weighted by Gasteiger charge is -2.44.